The third-order valence-electron chi connectivity index (χ3n) is 4.11. The summed E-state index contributed by atoms with van der Waals surface area (Å²) in [5, 5.41) is 5.70. The summed E-state index contributed by atoms with van der Waals surface area (Å²) < 4.78 is 0. The van der Waals surface area contributed by atoms with Gasteiger partial charge < -0.3 is 16.4 Å². The first-order valence-corrected chi connectivity index (χ1v) is 7.92. The molecule has 0 spiro atoms. The molecule has 4 N–H and O–H groups in total. The number of benzene rings is 1. The van der Waals surface area contributed by atoms with Gasteiger partial charge in [0.2, 0.25) is 11.8 Å². The Balaban J connectivity index is 2.03. The molecule has 1 saturated carbocycles. The summed E-state index contributed by atoms with van der Waals surface area (Å²) >= 11 is 0. The summed E-state index contributed by atoms with van der Waals surface area (Å²) in [6, 6.07) is 7.16. The molecule has 0 bridgehead atoms. The number of carbonyl (C=O) groups excluding carboxylic acids is 2. The average molecular weight is 303 g/mol. The molecule has 1 aliphatic carbocycles. The first-order chi connectivity index (χ1) is 10.4. The SMILES string of the molecule is CC(C)C(=O)Nc1cccc(NC(=O)C2(N)CCCCC2)c1. The van der Waals surface area contributed by atoms with Gasteiger partial charge in [0.15, 0.2) is 0 Å². The van der Waals surface area contributed by atoms with Crippen molar-refractivity contribution in [3.05, 3.63) is 24.3 Å². The lowest BCUT2D eigenvalue weighted by Crippen LogP contribution is -2.52. The van der Waals surface area contributed by atoms with E-state index >= 15 is 0 Å². The van der Waals surface area contributed by atoms with Crippen molar-refractivity contribution in [3.63, 3.8) is 0 Å². The highest BCUT2D eigenvalue weighted by atomic mass is 16.2. The van der Waals surface area contributed by atoms with Crippen molar-refractivity contribution in [2.24, 2.45) is 11.7 Å². The zero-order valence-corrected chi connectivity index (χ0v) is 13.3. The molecule has 1 fully saturated rings. The number of carbonyl (C=O) groups is 2. The van der Waals surface area contributed by atoms with Crippen LogP contribution >= 0.6 is 0 Å². The van der Waals surface area contributed by atoms with Crippen LogP contribution in [0.4, 0.5) is 11.4 Å². The van der Waals surface area contributed by atoms with E-state index in [2.05, 4.69) is 10.6 Å². The maximum absolute atomic E-state index is 12.4. The van der Waals surface area contributed by atoms with Crippen LogP contribution in [0.2, 0.25) is 0 Å². The first kappa shape index (κ1) is 16.5. The smallest absolute Gasteiger partial charge is 0.244 e. The van der Waals surface area contributed by atoms with Gasteiger partial charge in [-0.1, -0.05) is 39.2 Å². The number of hydrogen-bond donors (Lipinski definition) is 3. The molecule has 0 atom stereocenters. The highest BCUT2D eigenvalue weighted by Gasteiger charge is 2.35. The Morgan fingerprint density at radius 3 is 2.27 bits per heavy atom. The van der Waals surface area contributed by atoms with Crippen LogP contribution in [0.15, 0.2) is 24.3 Å². The number of hydrogen-bond acceptors (Lipinski definition) is 3. The van der Waals surface area contributed by atoms with Gasteiger partial charge in [0.1, 0.15) is 0 Å². The predicted molar refractivity (Wildman–Crippen MR) is 88.5 cm³/mol. The minimum Gasteiger partial charge on any atom is -0.326 e. The fraction of sp³-hybridized carbons (Fsp3) is 0.529. The second-order valence-electron chi connectivity index (χ2n) is 6.40. The van der Waals surface area contributed by atoms with Crippen molar-refractivity contribution < 1.29 is 9.59 Å². The van der Waals surface area contributed by atoms with Crippen LogP contribution in [0.1, 0.15) is 46.0 Å². The van der Waals surface area contributed by atoms with Gasteiger partial charge in [-0.3, -0.25) is 9.59 Å². The molecule has 120 valence electrons. The second kappa shape index (κ2) is 6.92. The Labute approximate surface area is 131 Å². The molecular weight excluding hydrogens is 278 g/mol. The van der Waals surface area contributed by atoms with Gasteiger partial charge in [0, 0.05) is 17.3 Å². The molecule has 22 heavy (non-hydrogen) atoms. The molecule has 0 radical (unpaired) electrons. The molecule has 2 rings (SSSR count). The molecular formula is C17H25N3O2. The normalized spacial score (nSPS) is 17.1. The second-order valence-corrected chi connectivity index (χ2v) is 6.40. The number of nitrogens with two attached hydrogens (primary N) is 1. The summed E-state index contributed by atoms with van der Waals surface area (Å²) in [4.78, 5) is 24.1. The maximum Gasteiger partial charge on any atom is 0.244 e. The van der Waals surface area contributed by atoms with E-state index in [4.69, 9.17) is 5.73 Å². The van der Waals surface area contributed by atoms with E-state index in [0.717, 1.165) is 32.1 Å². The third-order valence-corrected chi connectivity index (χ3v) is 4.11. The van der Waals surface area contributed by atoms with E-state index in [-0.39, 0.29) is 17.7 Å². The van der Waals surface area contributed by atoms with Gasteiger partial charge in [-0.15, -0.1) is 0 Å². The number of anilines is 2. The topological polar surface area (TPSA) is 84.2 Å². The van der Waals surface area contributed by atoms with Crippen LogP contribution in [0, 0.1) is 5.92 Å². The van der Waals surface area contributed by atoms with Gasteiger partial charge in [-0.2, -0.15) is 0 Å². The van der Waals surface area contributed by atoms with Gasteiger partial charge in [0.25, 0.3) is 0 Å². The van der Waals surface area contributed by atoms with Crippen LogP contribution in [0.5, 0.6) is 0 Å². The van der Waals surface area contributed by atoms with Crippen molar-refractivity contribution in [2.45, 2.75) is 51.5 Å². The summed E-state index contributed by atoms with van der Waals surface area (Å²) in [6.45, 7) is 3.67. The van der Waals surface area contributed by atoms with Gasteiger partial charge in [-0.25, -0.2) is 0 Å². The minimum atomic E-state index is -0.768. The van der Waals surface area contributed by atoms with Crippen molar-refractivity contribution in [2.75, 3.05) is 10.6 Å². The highest BCUT2D eigenvalue weighted by Crippen LogP contribution is 2.27. The Morgan fingerprint density at radius 2 is 1.68 bits per heavy atom. The number of rotatable bonds is 4. The molecule has 2 amide bonds. The van der Waals surface area contributed by atoms with E-state index in [1.807, 2.05) is 13.8 Å². The Hall–Kier alpha value is -1.88. The molecule has 0 heterocycles. The van der Waals surface area contributed by atoms with E-state index in [0.29, 0.717) is 11.4 Å². The average Bonchev–Trinajstić information content (AvgIpc) is 2.48. The zero-order chi connectivity index (χ0) is 16.2. The van der Waals surface area contributed by atoms with Crippen molar-refractivity contribution in [1.29, 1.82) is 0 Å². The van der Waals surface area contributed by atoms with Crippen molar-refractivity contribution in [1.82, 2.24) is 0 Å². The van der Waals surface area contributed by atoms with Gasteiger partial charge in [-0.05, 0) is 31.0 Å². The molecule has 0 unspecified atom stereocenters. The van der Waals surface area contributed by atoms with Crippen molar-refractivity contribution in [3.8, 4) is 0 Å². The van der Waals surface area contributed by atoms with Crippen molar-refractivity contribution >= 4 is 23.2 Å². The zero-order valence-electron chi connectivity index (χ0n) is 13.3. The van der Waals surface area contributed by atoms with E-state index < -0.39 is 5.54 Å². The van der Waals surface area contributed by atoms with E-state index in [1.54, 1.807) is 24.3 Å². The number of amides is 2. The minimum absolute atomic E-state index is 0.0500. The van der Waals surface area contributed by atoms with Crippen LogP contribution in [-0.2, 0) is 9.59 Å². The fourth-order valence-electron chi connectivity index (χ4n) is 2.63. The molecule has 1 aromatic carbocycles. The molecule has 5 heteroatoms. The van der Waals surface area contributed by atoms with Crippen LogP contribution in [0.3, 0.4) is 0 Å². The Kier molecular flexibility index (Phi) is 5.19. The van der Waals surface area contributed by atoms with E-state index in [1.165, 1.54) is 0 Å². The van der Waals surface area contributed by atoms with Crippen LogP contribution in [0.25, 0.3) is 0 Å². The Morgan fingerprint density at radius 1 is 1.09 bits per heavy atom. The lowest BCUT2D eigenvalue weighted by Gasteiger charge is -2.31. The van der Waals surface area contributed by atoms with Gasteiger partial charge in [0.05, 0.1) is 5.54 Å². The molecule has 1 aliphatic rings. The number of nitrogens with one attached hydrogen (secondary N) is 2. The largest absolute Gasteiger partial charge is 0.326 e. The standard InChI is InChI=1S/C17H25N3O2/c1-12(2)15(21)19-13-7-6-8-14(11-13)20-16(22)17(18)9-4-3-5-10-17/h6-8,11-12H,3-5,9-10,18H2,1-2H3,(H,19,21)(H,20,22). The third kappa shape index (κ3) is 4.07. The quantitative estimate of drug-likeness (QED) is 0.799. The lowest BCUT2D eigenvalue weighted by atomic mass is 9.82. The van der Waals surface area contributed by atoms with Crippen LogP contribution < -0.4 is 16.4 Å². The summed E-state index contributed by atoms with van der Waals surface area (Å²) in [7, 11) is 0. The van der Waals surface area contributed by atoms with Gasteiger partial charge >= 0.3 is 0 Å². The first-order valence-electron chi connectivity index (χ1n) is 7.92. The summed E-state index contributed by atoms with van der Waals surface area (Å²) in [5.74, 6) is -0.279. The lowest BCUT2D eigenvalue weighted by molar-refractivity contribution is -0.122. The Bertz CT molecular complexity index is 549. The summed E-state index contributed by atoms with van der Waals surface area (Å²) in [6.07, 6.45) is 4.58. The molecule has 0 aliphatic heterocycles. The molecule has 1 aromatic rings. The molecule has 5 nitrogen and oxygen atoms in total. The monoisotopic (exact) mass is 303 g/mol. The maximum atomic E-state index is 12.4. The van der Waals surface area contributed by atoms with Crippen LogP contribution in [-0.4, -0.2) is 17.4 Å². The molecule has 0 saturated heterocycles. The fourth-order valence-corrected chi connectivity index (χ4v) is 2.63. The van der Waals surface area contributed by atoms with E-state index in [9.17, 15) is 9.59 Å². The molecule has 0 aromatic heterocycles. The highest BCUT2D eigenvalue weighted by molar-refractivity contribution is 5.99. The predicted octanol–water partition coefficient (Wildman–Crippen LogP) is 2.88. The summed E-state index contributed by atoms with van der Waals surface area (Å²) in [5.41, 5.74) is 6.79.